The molecule has 6 heteroatoms. The smallest absolute Gasteiger partial charge is 0.314 e. The fourth-order valence-electron chi connectivity index (χ4n) is 3.70. The van der Waals surface area contributed by atoms with Crippen molar-refractivity contribution in [2.75, 3.05) is 13.1 Å². The summed E-state index contributed by atoms with van der Waals surface area (Å²) in [6.07, 6.45) is 0.932. The maximum absolute atomic E-state index is 13.0. The lowest BCUT2D eigenvalue weighted by Crippen LogP contribution is -2.41. The number of ether oxygens (including phenoxy) is 1. The van der Waals surface area contributed by atoms with Crippen molar-refractivity contribution in [1.82, 2.24) is 4.31 Å². The molecule has 1 heterocycles. The molecule has 1 saturated heterocycles. The van der Waals surface area contributed by atoms with Crippen LogP contribution in [0.3, 0.4) is 0 Å². The molecule has 1 aliphatic heterocycles. The third kappa shape index (κ3) is 4.13. The highest BCUT2D eigenvalue weighted by molar-refractivity contribution is 7.89. The number of carbonyl (C=O) groups excluding carboxylic acids is 1. The maximum Gasteiger partial charge on any atom is 0.314 e. The van der Waals surface area contributed by atoms with Gasteiger partial charge in [0, 0.05) is 13.1 Å². The first-order chi connectivity index (χ1) is 13.2. The Balaban J connectivity index is 1.68. The standard InChI is InChI=1S/C22H27NO4S/c1-15-8-9-20(18(4)14-15)28(25,26)23-12-10-19(11-13-23)22(24)27-21-16(2)6-5-7-17(21)3/h5-9,14,19H,10-13H2,1-4H3. The van der Waals surface area contributed by atoms with Crippen LogP contribution in [0.25, 0.3) is 0 Å². The van der Waals surface area contributed by atoms with Gasteiger partial charge in [0.25, 0.3) is 0 Å². The van der Waals surface area contributed by atoms with E-state index in [4.69, 9.17) is 4.74 Å². The van der Waals surface area contributed by atoms with Crippen molar-refractivity contribution < 1.29 is 17.9 Å². The van der Waals surface area contributed by atoms with E-state index < -0.39 is 10.0 Å². The van der Waals surface area contributed by atoms with Crippen molar-refractivity contribution in [2.24, 2.45) is 5.92 Å². The Hall–Kier alpha value is -2.18. The summed E-state index contributed by atoms with van der Waals surface area (Å²) in [5, 5.41) is 0. The number of sulfonamides is 1. The van der Waals surface area contributed by atoms with Crippen LogP contribution in [-0.4, -0.2) is 31.8 Å². The summed E-state index contributed by atoms with van der Waals surface area (Å²) in [5.41, 5.74) is 3.62. The molecule has 0 amide bonds. The molecule has 28 heavy (non-hydrogen) atoms. The van der Waals surface area contributed by atoms with Crippen molar-refractivity contribution >= 4 is 16.0 Å². The highest BCUT2D eigenvalue weighted by Crippen LogP contribution is 2.29. The Morgan fingerprint density at radius 2 is 1.57 bits per heavy atom. The zero-order valence-corrected chi connectivity index (χ0v) is 17.7. The van der Waals surface area contributed by atoms with E-state index in [0.29, 0.717) is 36.6 Å². The van der Waals surface area contributed by atoms with E-state index in [1.165, 1.54) is 4.31 Å². The van der Waals surface area contributed by atoms with Crippen LogP contribution in [0, 0.1) is 33.6 Å². The molecule has 1 aliphatic rings. The molecule has 3 rings (SSSR count). The predicted octanol–water partition coefficient (Wildman–Crippen LogP) is 3.93. The van der Waals surface area contributed by atoms with Crippen LogP contribution in [0.2, 0.25) is 0 Å². The van der Waals surface area contributed by atoms with E-state index in [2.05, 4.69) is 0 Å². The van der Waals surface area contributed by atoms with Crippen molar-refractivity contribution in [3.05, 3.63) is 58.7 Å². The monoisotopic (exact) mass is 401 g/mol. The fraction of sp³-hybridized carbons (Fsp3) is 0.409. The molecule has 0 atom stereocenters. The van der Waals surface area contributed by atoms with Crippen molar-refractivity contribution in [3.63, 3.8) is 0 Å². The summed E-state index contributed by atoms with van der Waals surface area (Å²) in [6, 6.07) is 11.1. The van der Waals surface area contributed by atoms with Gasteiger partial charge in [0.1, 0.15) is 5.75 Å². The van der Waals surface area contributed by atoms with Crippen LogP contribution in [0.15, 0.2) is 41.3 Å². The second-order valence-corrected chi connectivity index (χ2v) is 9.50. The van der Waals surface area contributed by atoms with E-state index in [9.17, 15) is 13.2 Å². The Kier molecular flexibility index (Phi) is 5.91. The molecular formula is C22H27NO4S. The summed E-state index contributed by atoms with van der Waals surface area (Å²) in [4.78, 5) is 12.9. The molecule has 0 aliphatic carbocycles. The van der Waals surface area contributed by atoms with E-state index in [1.54, 1.807) is 6.07 Å². The van der Waals surface area contributed by atoms with E-state index >= 15 is 0 Å². The van der Waals surface area contributed by atoms with Crippen LogP contribution >= 0.6 is 0 Å². The molecule has 0 saturated carbocycles. The molecule has 1 fully saturated rings. The van der Waals surface area contributed by atoms with Gasteiger partial charge >= 0.3 is 5.97 Å². The van der Waals surface area contributed by atoms with Gasteiger partial charge in [-0.05, 0) is 63.3 Å². The second-order valence-electron chi connectivity index (χ2n) is 7.59. The number of hydrogen-bond acceptors (Lipinski definition) is 4. The van der Waals surface area contributed by atoms with E-state index in [-0.39, 0.29) is 11.9 Å². The first-order valence-electron chi connectivity index (χ1n) is 9.55. The molecule has 0 radical (unpaired) electrons. The summed E-state index contributed by atoms with van der Waals surface area (Å²) >= 11 is 0. The second kappa shape index (κ2) is 8.05. The molecule has 0 aromatic heterocycles. The lowest BCUT2D eigenvalue weighted by Gasteiger charge is -2.30. The molecule has 0 spiro atoms. The van der Waals surface area contributed by atoms with Gasteiger partial charge in [-0.3, -0.25) is 4.79 Å². The van der Waals surface area contributed by atoms with E-state index in [1.807, 2.05) is 58.0 Å². The zero-order valence-electron chi connectivity index (χ0n) is 16.9. The molecule has 2 aromatic carbocycles. The number of benzene rings is 2. The highest BCUT2D eigenvalue weighted by Gasteiger charge is 2.33. The van der Waals surface area contributed by atoms with Crippen LogP contribution < -0.4 is 4.74 Å². The number of piperidine rings is 1. The lowest BCUT2D eigenvalue weighted by molar-refractivity contribution is -0.140. The molecular weight excluding hydrogens is 374 g/mol. The summed E-state index contributed by atoms with van der Waals surface area (Å²) in [7, 11) is -3.55. The summed E-state index contributed by atoms with van der Waals surface area (Å²) < 4.78 is 33.1. The van der Waals surface area contributed by atoms with Gasteiger partial charge in [0.05, 0.1) is 10.8 Å². The van der Waals surface area contributed by atoms with Crippen molar-refractivity contribution in [2.45, 2.75) is 45.4 Å². The van der Waals surface area contributed by atoms with Gasteiger partial charge in [0.15, 0.2) is 0 Å². The zero-order chi connectivity index (χ0) is 20.5. The minimum absolute atomic E-state index is 0.277. The molecule has 0 bridgehead atoms. The first kappa shape index (κ1) is 20.6. The quantitative estimate of drug-likeness (QED) is 0.575. The maximum atomic E-state index is 13.0. The van der Waals surface area contributed by atoms with E-state index in [0.717, 1.165) is 22.3 Å². The van der Waals surface area contributed by atoms with Gasteiger partial charge in [-0.25, -0.2) is 8.42 Å². The normalized spacial score (nSPS) is 16.1. The summed E-state index contributed by atoms with van der Waals surface area (Å²) in [6.45, 7) is 8.22. The number of nitrogens with zero attached hydrogens (tertiary/aromatic N) is 1. The van der Waals surface area contributed by atoms with Crippen molar-refractivity contribution in [1.29, 1.82) is 0 Å². The molecule has 150 valence electrons. The number of esters is 1. The Bertz CT molecular complexity index is 969. The number of para-hydroxylation sites is 1. The molecule has 0 unspecified atom stereocenters. The van der Waals surface area contributed by atoms with Crippen LogP contribution in [0.4, 0.5) is 0 Å². The Morgan fingerprint density at radius 1 is 0.964 bits per heavy atom. The highest BCUT2D eigenvalue weighted by atomic mass is 32.2. The predicted molar refractivity (Wildman–Crippen MR) is 109 cm³/mol. The minimum atomic E-state index is -3.55. The fourth-order valence-corrected chi connectivity index (χ4v) is 5.38. The van der Waals surface area contributed by atoms with Gasteiger partial charge in [-0.15, -0.1) is 0 Å². The number of aryl methyl sites for hydroxylation is 4. The third-order valence-electron chi connectivity index (χ3n) is 5.35. The number of rotatable bonds is 4. The minimum Gasteiger partial charge on any atom is -0.426 e. The third-order valence-corrected chi connectivity index (χ3v) is 7.41. The SMILES string of the molecule is Cc1ccc(S(=O)(=O)N2CCC(C(=O)Oc3c(C)cccc3C)CC2)c(C)c1. The molecule has 0 N–H and O–H groups in total. The lowest BCUT2D eigenvalue weighted by atomic mass is 9.98. The first-order valence-corrected chi connectivity index (χ1v) is 11.0. The Labute approximate surface area is 167 Å². The topological polar surface area (TPSA) is 63.7 Å². The Morgan fingerprint density at radius 3 is 2.14 bits per heavy atom. The molecule has 5 nitrogen and oxygen atoms in total. The number of hydrogen-bond donors (Lipinski definition) is 0. The van der Waals surface area contributed by atoms with Crippen LogP contribution in [-0.2, 0) is 14.8 Å². The average molecular weight is 402 g/mol. The number of carbonyl (C=O) groups is 1. The largest absolute Gasteiger partial charge is 0.426 e. The van der Waals surface area contributed by atoms with Gasteiger partial charge < -0.3 is 4.74 Å². The molecule has 2 aromatic rings. The van der Waals surface area contributed by atoms with Crippen molar-refractivity contribution in [3.8, 4) is 5.75 Å². The van der Waals surface area contributed by atoms with Gasteiger partial charge in [0.2, 0.25) is 10.0 Å². The summed E-state index contributed by atoms with van der Waals surface area (Å²) in [5.74, 6) is 0.0448. The van der Waals surface area contributed by atoms with Crippen LogP contribution in [0.5, 0.6) is 5.75 Å². The average Bonchev–Trinajstić information content (AvgIpc) is 2.64. The van der Waals surface area contributed by atoms with Crippen LogP contribution in [0.1, 0.15) is 35.1 Å². The van der Waals surface area contributed by atoms with Gasteiger partial charge in [-0.2, -0.15) is 4.31 Å². The van der Waals surface area contributed by atoms with Gasteiger partial charge in [-0.1, -0.05) is 35.9 Å².